The van der Waals surface area contributed by atoms with Crippen molar-refractivity contribution in [1.82, 2.24) is 19.6 Å². The molecule has 0 aliphatic carbocycles. The second-order valence-corrected chi connectivity index (χ2v) is 7.78. The van der Waals surface area contributed by atoms with Gasteiger partial charge in [0.25, 0.3) is 5.91 Å². The predicted molar refractivity (Wildman–Crippen MR) is 110 cm³/mol. The average molecular weight is 387 g/mol. The lowest BCUT2D eigenvalue weighted by Gasteiger charge is -2.23. The Balaban J connectivity index is 1.92. The van der Waals surface area contributed by atoms with Gasteiger partial charge < -0.3 is 14.5 Å². The Morgan fingerprint density at radius 1 is 1.19 bits per heavy atom. The summed E-state index contributed by atoms with van der Waals surface area (Å²) in [7, 11) is 5.68. The molecule has 0 radical (unpaired) electrons. The number of aryl methyl sites for hydroxylation is 1. The number of nitrogens with zero attached hydrogens (tertiary/aromatic N) is 4. The number of ether oxygens (including phenoxy) is 1. The number of hydrogen-bond donors (Lipinski definition) is 0. The maximum atomic E-state index is 13.1. The van der Waals surface area contributed by atoms with E-state index < -0.39 is 0 Å². The quantitative estimate of drug-likeness (QED) is 0.597. The van der Waals surface area contributed by atoms with Crippen LogP contribution in [0.2, 0.25) is 0 Å². The van der Waals surface area contributed by atoms with E-state index >= 15 is 0 Å². The Morgan fingerprint density at radius 3 is 2.59 bits per heavy atom. The van der Waals surface area contributed by atoms with Gasteiger partial charge in [-0.15, -0.1) is 11.3 Å². The number of amides is 1. The molecule has 27 heavy (non-hydrogen) atoms. The first-order valence-corrected chi connectivity index (χ1v) is 9.80. The molecule has 1 aromatic carbocycles. The lowest BCUT2D eigenvalue weighted by molar-refractivity contribution is 0.0688. The number of carbonyl (C=O) groups is 1. The van der Waals surface area contributed by atoms with Gasteiger partial charge in [-0.25, -0.2) is 4.68 Å². The molecule has 0 spiro atoms. The molecule has 0 aliphatic rings. The molecule has 0 fully saturated rings. The van der Waals surface area contributed by atoms with E-state index in [2.05, 4.69) is 10.00 Å². The Hall–Kier alpha value is -2.22. The summed E-state index contributed by atoms with van der Waals surface area (Å²) in [5, 5.41) is 5.68. The van der Waals surface area contributed by atoms with E-state index in [9.17, 15) is 4.79 Å². The molecule has 0 aliphatic heterocycles. The number of likely N-dealkylation sites (N-methyl/N-ethyl adjacent to an activating group) is 1. The highest BCUT2D eigenvalue weighted by molar-refractivity contribution is 7.20. The maximum Gasteiger partial charge on any atom is 0.264 e. The molecule has 0 unspecified atom stereocenters. The summed E-state index contributed by atoms with van der Waals surface area (Å²) in [5.74, 6) is 0.0501. The van der Waals surface area contributed by atoms with Crippen LogP contribution in [-0.4, -0.2) is 72.9 Å². The molecule has 0 bridgehead atoms. The van der Waals surface area contributed by atoms with Gasteiger partial charge >= 0.3 is 0 Å². The summed E-state index contributed by atoms with van der Waals surface area (Å²) < 4.78 is 7.11. The van der Waals surface area contributed by atoms with E-state index in [0.29, 0.717) is 19.7 Å². The Bertz CT molecular complexity index is 901. The number of hydrogen-bond acceptors (Lipinski definition) is 5. The Morgan fingerprint density at radius 2 is 1.93 bits per heavy atom. The third-order valence-corrected chi connectivity index (χ3v) is 5.52. The zero-order valence-electron chi connectivity index (χ0n) is 16.3. The molecule has 1 amide bonds. The normalized spacial score (nSPS) is 11.4. The van der Waals surface area contributed by atoms with Crippen molar-refractivity contribution in [2.45, 2.75) is 6.92 Å². The lowest BCUT2D eigenvalue weighted by Crippen LogP contribution is -2.38. The third kappa shape index (κ3) is 4.37. The number of fused-ring (bicyclic) bond motifs is 1. The summed E-state index contributed by atoms with van der Waals surface area (Å²) in [6.45, 7) is 4.59. The molecule has 6 nitrogen and oxygen atoms in total. The van der Waals surface area contributed by atoms with Gasteiger partial charge in [0.05, 0.1) is 22.9 Å². The first kappa shape index (κ1) is 19.5. The lowest BCUT2D eigenvalue weighted by atomic mass is 10.3. The fourth-order valence-corrected chi connectivity index (χ4v) is 4.04. The zero-order chi connectivity index (χ0) is 19.4. The van der Waals surface area contributed by atoms with Gasteiger partial charge in [-0.2, -0.15) is 5.10 Å². The number of methoxy groups -OCH3 is 1. The number of carbonyl (C=O) groups excluding carboxylic acids is 1. The van der Waals surface area contributed by atoms with E-state index in [1.54, 1.807) is 7.11 Å². The van der Waals surface area contributed by atoms with Crippen LogP contribution in [0.5, 0.6) is 0 Å². The molecule has 3 aromatic rings. The van der Waals surface area contributed by atoms with Crippen molar-refractivity contribution in [3.8, 4) is 5.69 Å². The van der Waals surface area contributed by atoms with Crippen LogP contribution >= 0.6 is 11.3 Å². The van der Waals surface area contributed by atoms with Crippen LogP contribution < -0.4 is 0 Å². The molecule has 144 valence electrons. The maximum absolute atomic E-state index is 13.1. The molecule has 0 atom stereocenters. The van der Waals surface area contributed by atoms with Crippen molar-refractivity contribution < 1.29 is 9.53 Å². The first-order valence-electron chi connectivity index (χ1n) is 8.98. The molecule has 3 rings (SSSR count). The minimum Gasteiger partial charge on any atom is -0.383 e. The average Bonchev–Trinajstić information content (AvgIpc) is 3.23. The summed E-state index contributed by atoms with van der Waals surface area (Å²) in [4.78, 5) is 18.8. The third-order valence-electron chi connectivity index (χ3n) is 4.43. The smallest absolute Gasteiger partial charge is 0.264 e. The van der Waals surface area contributed by atoms with Gasteiger partial charge in [0.15, 0.2) is 0 Å². The standard InChI is InChI=1S/C20H26N4O2S/c1-15-17-14-18(19(25)23(12-13-26-4)11-10-22(2)3)27-20(17)24(21-15)16-8-6-5-7-9-16/h5-9,14H,10-13H2,1-4H3. The van der Waals surface area contributed by atoms with Crippen molar-refractivity contribution in [1.29, 1.82) is 0 Å². The van der Waals surface area contributed by atoms with E-state index in [1.807, 2.05) is 67.0 Å². The van der Waals surface area contributed by atoms with Crippen LogP contribution in [0.4, 0.5) is 0 Å². The van der Waals surface area contributed by atoms with Gasteiger partial charge in [0, 0.05) is 32.1 Å². The molecular weight excluding hydrogens is 360 g/mol. The summed E-state index contributed by atoms with van der Waals surface area (Å²) >= 11 is 1.50. The summed E-state index contributed by atoms with van der Waals surface area (Å²) in [6, 6.07) is 12.0. The van der Waals surface area contributed by atoms with Crippen LogP contribution in [-0.2, 0) is 4.74 Å². The Labute approximate surface area is 163 Å². The van der Waals surface area contributed by atoms with E-state index in [-0.39, 0.29) is 5.91 Å². The molecular formula is C20H26N4O2S. The number of aromatic nitrogens is 2. The number of rotatable bonds is 8. The van der Waals surface area contributed by atoms with E-state index in [4.69, 9.17) is 4.74 Å². The van der Waals surface area contributed by atoms with E-state index in [1.165, 1.54) is 11.3 Å². The fraction of sp³-hybridized carbons (Fsp3) is 0.400. The highest BCUT2D eigenvalue weighted by Gasteiger charge is 2.21. The van der Waals surface area contributed by atoms with Crippen molar-refractivity contribution >= 4 is 27.5 Å². The highest BCUT2D eigenvalue weighted by Crippen LogP contribution is 2.31. The minimum absolute atomic E-state index is 0.0501. The SMILES string of the molecule is COCCN(CCN(C)C)C(=O)c1cc2c(C)nn(-c3ccccc3)c2s1. The monoisotopic (exact) mass is 386 g/mol. The number of para-hydroxylation sites is 1. The molecule has 0 N–H and O–H groups in total. The molecule has 7 heteroatoms. The second-order valence-electron chi connectivity index (χ2n) is 6.75. The molecule has 0 saturated carbocycles. The van der Waals surface area contributed by atoms with Gasteiger partial charge in [-0.05, 0) is 39.2 Å². The number of benzene rings is 1. The van der Waals surface area contributed by atoms with Crippen LogP contribution in [0, 0.1) is 6.92 Å². The van der Waals surface area contributed by atoms with Crippen molar-refractivity contribution in [2.75, 3.05) is 47.4 Å². The van der Waals surface area contributed by atoms with Crippen molar-refractivity contribution in [3.05, 3.63) is 47.0 Å². The van der Waals surface area contributed by atoms with Crippen LogP contribution in [0.15, 0.2) is 36.4 Å². The van der Waals surface area contributed by atoms with Gasteiger partial charge in [0.1, 0.15) is 4.83 Å². The first-order chi connectivity index (χ1) is 13.0. The Kier molecular flexibility index (Phi) is 6.26. The summed E-state index contributed by atoms with van der Waals surface area (Å²) in [6.07, 6.45) is 0. The summed E-state index contributed by atoms with van der Waals surface area (Å²) in [5.41, 5.74) is 1.93. The van der Waals surface area contributed by atoms with Crippen molar-refractivity contribution in [3.63, 3.8) is 0 Å². The highest BCUT2D eigenvalue weighted by atomic mass is 32.1. The van der Waals surface area contributed by atoms with E-state index in [0.717, 1.165) is 33.0 Å². The minimum atomic E-state index is 0.0501. The van der Waals surface area contributed by atoms with Crippen LogP contribution in [0.3, 0.4) is 0 Å². The molecule has 0 saturated heterocycles. The van der Waals surface area contributed by atoms with Gasteiger partial charge in [0.2, 0.25) is 0 Å². The van der Waals surface area contributed by atoms with Crippen LogP contribution in [0.1, 0.15) is 15.4 Å². The largest absolute Gasteiger partial charge is 0.383 e. The molecule has 2 heterocycles. The van der Waals surface area contributed by atoms with Gasteiger partial charge in [-0.1, -0.05) is 18.2 Å². The second kappa shape index (κ2) is 8.65. The van der Waals surface area contributed by atoms with Crippen LogP contribution in [0.25, 0.3) is 15.9 Å². The van der Waals surface area contributed by atoms with Gasteiger partial charge in [-0.3, -0.25) is 4.79 Å². The topological polar surface area (TPSA) is 50.6 Å². The zero-order valence-corrected chi connectivity index (χ0v) is 17.1. The number of thiophene rings is 1. The fourth-order valence-electron chi connectivity index (χ4n) is 2.89. The predicted octanol–water partition coefficient (Wildman–Crippen LogP) is 3.05. The van der Waals surface area contributed by atoms with Crippen molar-refractivity contribution in [2.24, 2.45) is 0 Å². The molecule has 2 aromatic heterocycles.